The normalized spacial score (nSPS) is 16.9. The molecule has 0 radical (unpaired) electrons. The van der Waals surface area contributed by atoms with Crippen molar-refractivity contribution in [2.75, 3.05) is 19.7 Å². The zero-order chi connectivity index (χ0) is 20.0. The Labute approximate surface area is 184 Å². The van der Waals surface area contributed by atoms with Gasteiger partial charge in [0.05, 0.1) is 11.6 Å². The number of rotatable bonds is 6. The van der Waals surface area contributed by atoms with Gasteiger partial charge in [-0.15, -0.1) is 6.58 Å². The molecule has 0 bridgehead atoms. The van der Waals surface area contributed by atoms with Crippen LogP contribution in [0.15, 0.2) is 33.7 Å². The average Bonchev–Trinajstić information content (AvgIpc) is 2.63. The summed E-state index contributed by atoms with van der Waals surface area (Å²) in [5.74, 6) is 0.808. The molecule has 0 N–H and O–H groups in total. The predicted octanol–water partition coefficient (Wildman–Crippen LogP) is 7.39. The molecule has 0 aliphatic carbocycles. The zero-order valence-electron chi connectivity index (χ0n) is 15.8. The molecule has 1 unspecified atom stereocenters. The van der Waals surface area contributed by atoms with E-state index in [0.717, 1.165) is 46.9 Å². The van der Waals surface area contributed by atoms with Gasteiger partial charge >= 0.3 is 6.09 Å². The first-order chi connectivity index (χ1) is 12.9. The maximum Gasteiger partial charge on any atom is 0.409 e. The maximum atomic E-state index is 12.0. The van der Waals surface area contributed by atoms with Crippen LogP contribution in [0.2, 0.25) is 5.02 Å². The molecule has 27 heavy (non-hydrogen) atoms. The van der Waals surface area contributed by atoms with Crippen LogP contribution in [-0.2, 0) is 4.74 Å². The number of nitrogens with zero attached hydrogens (tertiary/aromatic N) is 1. The number of allylic oxidation sites excluding steroid dienone is 2. The van der Waals surface area contributed by atoms with Gasteiger partial charge in [-0.3, -0.25) is 0 Å². The molecule has 1 heterocycles. The molecule has 1 amide bonds. The second kappa shape index (κ2) is 10.7. The molecule has 0 saturated carbocycles. The Morgan fingerprint density at radius 2 is 2.11 bits per heavy atom. The van der Waals surface area contributed by atoms with E-state index in [-0.39, 0.29) is 6.09 Å². The Kier molecular flexibility index (Phi) is 8.90. The molecule has 2 rings (SSSR count). The number of likely N-dealkylation sites (tertiary alicyclic amines) is 1. The minimum Gasteiger partial charge on any atom is -0.450 e. The van der Waals surface area contributed by atoms with E-state index in [1.54, 1.807) is 0 Å². The number of halogens is 3. The Balaban J connectivity index is 2.28. The van der Waals surface area contributed by atoms with E-state index >= 15 is 0 Å². The lowest BCUT2D eigenvalue weighted by molar-refractivity contribution is 0.0888. The van der Waals surface area contributed by atoms with Crippen molar-refractivity contribution in [3.8, 4) is 0 Å². The molecule has 0 spiro atoms. The number of amides is 1. The molecule has 1 atom stereocenters. The van der Waals surface area contributed by atoms with Gasteiger partial charge in [0.25, 0.3) is 0 Å². The minimum atomic E-state index is -0.205. The van der Waals surface area contributed by atoms with E-state index in [0.29, 0.717) is 23.5 Å². The summed E-state index contributed by atoms with van der Waals surface area (Å²) < 4.78 is 7.09. The third kappa shape index (κ3) is 6.10. The van der Waals surface area contributed by atoms with E-state index in [2.05, 4.69) is 50.6 Å². The summed E-state index contributed by atoms with van der Waals surface area (Å²) in [5, 5.41) is 0.702. The molecule has 1 aromatic rings. The lowest BCUT2D eigenvalue weighted by atomic mass is 9.76. The molecule has 1 saturated heterocycles. The Morgan fingerprint density at radius 3 is 2.67 bits per heavy atom. The second-order valence-corrected chi connectivity index (χ2v) is 9.29. The lowest BCUT2D eigenvalue weighted by Crippen LogP contribution is -2.40. The van der Waals surface area contributed by atoms with Crippen LogP contribution in [0.25, 0.3) is 6.08 Å². The number of carbonyl (C=O) groups excluding carboxylic acids is 1. The van der Waals surface area contributed by atoms with E-state index in [1.807, 2.05) is 30.9 Å². The number of ether oxygens (including phenoxy) is 1. The number of benzene rings is 1. The van der Waals surface area contributed by atoms with Gasteiger partial charge in [0.15, 0.2) is 0 Å². The van der Waals surface area contributed by atoms with Gasteiger partial charge in [-0.2, -0.15) is 0 Å². The first kappa shape index (κ1) is 22.5. The summed E-state index contributed by atoms with van der Waals surface area (Å²) in [4.78, 5) is 13.8. The second-order valence-electron chi connectivity index (χ2n) is 6.78. The molecule has 3 nitrogen and oxygen atoms in total. The summed E-state index contributed by atoms with van der Waals surface area (Å²) in [6.45, 7) is 9.70. The van der Waals surface area contributed by atoms with Crippen molar-refractivity contribution in [2.24, 2.45) is 5.92 Å². The first-order valence-electron chi connectivity index (χ1n) is 9.22. The molecular formula is C21H26Br2ClNO2. The summed E-state index contributed by atoms with van der Waals surface area (Å²) in [6.07, 6.45) is 6.68. The van der Waals surface area contributed by atoms with Gasteiger partial charge < -0.3 is 9.64 Å². The quantitative estimate of drug-likeness (QED) is 0.367. The van der Waals surface area contributed by atoms with Crippen molar-refractivity contribution in [3.63, 3.8) is 0 Å². The highest BCUT2D eigenvalue weighted by Gasteiger charge is 2.30. The molecule has 148 valence electrons. The molecular weight excluding hydrogens is 493 g/mol. The highest BCUT2D eigenvalue weighted by atomic mass is 79.9. The molecule has 1 aliphatic heterocycles. The van der Waals surface area contributed by atoms with E-state index in [9.17, 15) is 4.79 Å². The van der Waals surface area contributed by atoms with Crippen molar-refractivity contribution in [3.05, 3.63) is 49.9 Å². The van der Waals surface area contributed by atoms with Crippen LogP contribution in [0.3, 0.4) is 0 Å². The molecule has 1 fully saturated rings. The number of hydrogen-bond acceptors (Lipinski definition) is 2. The van der Waals surface area contributed by atoms with E-state index in [4.69, 9.17) is 16.3 Å². The van der Waals surface area contributed by atoms with Gasteiger partial charge in [-0.05, 0) is 94.7 Å². The topological polar surface area (TPSA) is 29.5 Å². The third-order valence-electron chi connectivity index (χ3n) is 4.94. The van der Waals surface area contributed by atoms with Gasteiger partial charge in [-0.25, -0.2) is 4.79 Å². The zero-order valence-corrected chi connectivity index (χ0v) is 19.7. The van der Waals surface area contributed by atoms with Crippen LogP contribution in [0.4, 0.5) is 4.79 Å². The average molecular weight is 520 g/mol. The number of piperidine rings is 1. The van der Waals surface area contributed by atoms with E-state index < -0.39 is 0 Å². The van der Waals surface area contributed by atoms with Crippen molar-refractivity contribution < 1.29 is 9.53 Å². The maximum absolute atomic E-state index is 12.0. The summed E-state index contributed by atoms with van der Waals surface area (Å²) in [7, 11) is 0. The molecule has 0 aromatic heterocycles. The van der Waals surface area contributed by atoms with Crippen molar-refractivity contribution in [2.45, 2.75) is 39.0 Å². The highest BCUT2D eigenvalue weighted by molar-refractivity contribution is 9.11. The van der Waals surface area contributed by atoms with Crippen molar-refractivity contribution >= 4 is 55.6 Å². The molecule has 1 aromatic carbocycles. The Morgan fingerprint density at radius 1 is 1.44 bits per heavy atom. The monoisotopic (exact) mass is 517 g/mol. The summed E-state index contributed by atoms with van der Waals surface area (Å²) in [6, 6.07) is 4.14. The first-order valence-corrected chi connectivity index (χ1v) is 11.2. The van der Waals surface area contributed by atoms with Crippen LogP contribution in [0.1, 0.15) is 50.2 Å². The van der Waals surface area contributed by atoms with E-state index in [1.165, 1.54) is 5.56 Å². The standard InChI is InChI=1S/C21H26Br2ClNO2/c1-4-6-17(15-7-9-25(10-8-15)21(26)27-5-2)18-13-19(23)20(24)12-16(18)11-14(3)22/h4,11-13,15,17H,1,5-10H2,2-3H3/b14-11+. The third-order valence-corrected chi connectivity index (χ3v) is 6.36. The fraction of sp³-hybridized carbons (Fsp3) is 0.476. The van der Waals surface area contributed by atoms with Crippen LogP contribution in [0.5, 0.6) is 0 Å². The van der Waals surface area contributed by atoms with Gasteiger partial charge in [0.1, 0.15) is 0 Å². The number of hydrogen-bond donors (Lipinski definition) is 0. The van der Waals surface area contributed by atoms with Crippen LogP contribution in [-0.4, -0.2) is 30.7 Å². The molecule has 6 heteroatoms. The summed E-state index contributed by atoms with van der Waals surface area (Å²) >= 11 is 13.5. The Hall–Kier alpha value is -0.780. The van der Waals surface area contributed by atoms with Gasteiger partial charge in [0.2, 0.25) is 0 Å². The fourth-order valence-electron chi connectivity index (χ4n) is 3.69. The fourth-order valence-corrected chi connectivity index (χ4v) is 4.47. The molecule has 1 aliphatic rings. The highest BCUT2D eigenvalue weighted by Crippen LogP contribution is 2.40. The smallest absolute Gasteiger partial charge is 0.409 e. The minimum absolute atomic E-state index is 0.205. The van der Waals surface area contributed by atoms with Crippen LogP contribution < -0.4 is 0 Å². The van der Waals surface area contributed by atoms with Crippen LogP contribution in [0, 0.1) is 5.92 Å². The van der Waals surface area contributed by atoms with Gasteiger partial charge in [-0.1, -0.05) is 33.6 Å². The van der Waals surface area contributed by atoms with Crippen molar-refractivity contribution in [1.29, 1.82) is 0 Å². The summed E-state index contributed by atoms with van der Waals surface area (Å²) in [5.41, 5.74) is 2.39. The van der Waals surface area contributed by atoms with Gasteiger partial charge in [0, 0.05) is 17.6 Å². The predicted molar refractivity (Wildman–Crippen MR) is 121 cm³/mol. The number of carbonyl (C=O) groups is 1. The van der Waals surface area contributed by atoms with Crippen LogP contribution >= 0.6 is 43.5 Å². The largest absolute Gasteiger partial charge is 0.450 e. The lowest BCUT2D eigenvalue weighted by Gasteiger charge is -2.36. The SMILES string of the molecule is C=CCC(c1cc(Br)c(Cl)cc1/C=C(\C)Br)C1CCN(C(=O)OCC)CC1. The Bertz CT molecular complexity index is 708. The van der Waals surface area contributed by atoms with Crippen molar-refractivity contribution in [1.82, 2.24) is 4.90 Å².